The number of aryl methyl sites for hydroxylation is 1. The molecular formula is C21H33NO3. The molecule has 1 aromatic carbocycles. The SMILES string of the molecule is CC(C)c1ccc(CC[C@@H]2COC(C)(C)N2C(=O)OC(C)(C)C)cc1. The van der Waals surface area contributed by atoms with Gasteiger partial charge in [0.1, 0.15) is 11.3 Å². The summed E-state index contributed by atoms with van der Waals surface area (Å²) in [5.74, 6) is 0.542. The third kappa shape index (κ3) is 5.21. The van der Waals surface area contributed by atoms with Gasteiger partial charge in [-0.2, -0.15) is 0 Å². The molecule has 1 fully saturated rings. The highest BCUT2D eigenvalue weighted by Gasteiger charge is 2.45. The van der Waals surface area contributed by atoms with Gasteiger partial charge in [-0.1, -0.05) is 38.1 Å². The Labute approximate surface area is 152 Å². The second-order valence-corrected chi connectivity index (χ2v) is 8.70. The van der Waals surface area contributed by atoms with E-state index in [-0.39, 0.29) is 12.1 Å². The maximum Gasteiger partial charge on any atom is 0.412 e. The summed E-state index contributed by atoms with van der Waals surface area (Å²) < 4.78 is 11.5. The maximum absolute atomic E-state index is 12.6. The standard InChI is InChI=1S/C21H33NO3/c1-15(2)17-11-8-16(9-12-17)10-13-18-14-24-21(6,7)22(18)19(23)25-20(3,4)5/h8-9,11-12,15,18H,10,13-14H2,1-7H3/t18-/m1/s1. The van der Waals surface area contributed by atoms with Crippen LogP contribution in [0.15, 0.2) is 24.3 Å². The van der Waals surface area contributed by atoms with Crippen molar-refractivity contribution in [2.45, 2.75) is 84.6 Å². The summed E-state index contributed by atoms with van der Waals surface area (Å²) in [7, 11) is 0. The minimum Gasteiger partial charge on any atom is -0.444 e. The number of hydrogen-bond donors (Lipinski definition) is 0. The number of ether oxygens (including phenoxy) is 2. The van der Waals surface area contributed by atoms with Gasteiger partial charge in [-0.15, -0.1) is 0 Å². The molecule has 0 N–H and O–H groups in total. The summed E-state index contributed by atoms with van der Waals surface area (Å²) in [4.78, 5) is 14.4. The zero-order chi connectivity index (χ0) is 18.8. The van der Waals surface area contributed by atoms with Crippen molar-refractivity contribution in [2.24, 2.45) is 0 Å². The second kappa shape index (κ2) is 7.36. The van der Waals surface area contributed by atoms with Gasteiger partial charge in [0.25, 0.3) is 0 Å². The summed E-state index contributed by atoms with van der Waals surface area (Å²) in [5, 5.41) is 0. The van der Waals surface area contributed by atoms with Crippen molar-refractivity contribution in [3.05, 3.63) is 35.4 Å². The molecule has 1 aromatic rings. The molecule has 1 atom stereocenters. The molecule has 140 valence electrons. The number of carbonyl (C=O) groups excluding carboxylic acids is 1. The predicted molar refractivity (Wildman–Crippen MR) is 101 cm³/mol. The number of rotatable bonds is 4. The van der Waals surface area contributed by atoms with Gasteiger partial charge in [-0.3, -0.25) is 4.90 Å². The lowest BCUT2D eigenvalue weighted by atomic mass is 9.99. The number of carbonyl (C=O) groups is 1. The minimum atomic E-state index is -0.630. The molecule has 1 heterocycles. The molecule has 0 bridgehead atoms. The van der Waals surface area contributed by atoms with Crippen molar-refractivity contribution < 1.29 is 14.3 Å². The molecule has 2 rings (SSSR count). The molecule has 4 heteroatoms. The van der Waals surface area contributed by atoms with Crippen molar-refractivity contribution in [3.63, 3.8) is 0 Å². The van der Waals surface area contributed by atoms with Gasteiger partial charge in [-0.05, 0) is 64.5 Å². The summed E-state index contributed by atoms with van der Waals surface area (Å²) in [6, 6.07) is 8.80. The molecular weight excluding hydrogens is 314 g/mol. The van der Waals surface area contributed by atoms with Crippen molar-refractivity contribution in [1.82, 2.24) is 4.90 Å². The fourth-order valence-electron chi connectivity index (χ4n) is 3.18. The Kier molecular flexibility index (Phi) is 5.82. The van der Waals surface area contributed by atoms with Gasteiger partial charge >= 0.3 is 6.09 Å². The first-order chi connectivity index (χ1) is 11.5. The van der Waals surface area contributed by atoms with Crippen LogP contribution in [0.2, 0.25) is 0 Å². The first-order valence-electron chi connectivity index (χ1n) is 9.25. The van der Waals surface area contributed by atoms with E-state index in [2.05, 4.69) is 38.1 Å². The molecule has 4 nitrogen and oxygen atoms in total. The van der Waals surface area contributed by atoms with Crippen LogP contribution in [0.25, 0.3) is 0 Å². The van der Waals surface area contributed by atoms with Gasteiger partial charge in [0.15, 0.2) is 0 Å². The zero-order valence-electron chi connectivity index (χ0n) is 16.8. The third-order valence-electron chi connectivity index (χ3n) is 4.58. The van der Waals surface area contributed by atoms with Crippen LogP contribution < -0.4 is 0 Å². The first-order valence-corrected chi connectivity index (χ1v) is 9.25. The Balaban J connectivity index is 2.03. The van der Waals surface area contributed by atoms with Crippen molar-refractivity contribution >= 4 is 6.09 Å². The Bertz CT molecular complexity index is 584. The first kappa shape index (κ1) is 19.8. The van der Waals surface area contributed by atoms with Crippen molar-refractivity contribution in [3.8, 4) is 0 Å². The lowest BCUT2D eigenvalue weighted by molar-refractivity contribution is -0.0626. The quantitative estimate of drug-likeness (QED) is 0.759. The Morgan fingerprint density at radius 3 is 2.40 bits per heavy atom. The second-order valence-electron chi connectivity index (χ2n) is 8.70. The lowest BCUT2D eigenvalue weighted by Crippen LogP contribution is -2.49. The number of benzene rings is 1. The molecule has 0 radical (unpaired) electrons. The van der Waals surface area contributed by atoms with E-state index in [9.17, 15) is 4.79 Å². The highest BCUT2D eigenvalue weighted by Crippen LogP contribution is 2.31. The summed E-state index contributed by atoms with van der Waals surface area (Å²) in [6.07, 6.45) is 1.49. The molecule has 0 aliphatic carbocycles. The summed E-state index contributed by atoms with van der Waals surface area (Å²) in [5.41, 5.74) is 1.50. The minimum absolute atomic E-state index is 0.0367. The van der Waals surface area contributed by atoms with Crippen LogP contribution in [0.5, 0.6) is 0 Å². The molecule has 0 unspecified atom stereocenters. The number of nitrogens with zero attached hydrogens (tertiary/aromatic N) is 1. The summed E-state index contributed by atoms with van der Waals surface area (Å²) in [6.45, 7) is 14.5. The van der Waals surface area contributed by atoms with E-state index < -0.39 is 11.3 Å². The highest BCUT2D eigenvalue weighted by molar-refractivity contribution is 5.69. The average molecular weight is 347 g/mol. The smallest absolute Gasteiger partial charge is 0.412 e. The monoisotopic (exact) mass is 347 g/mol. The van der Waals surface area contributed by atoms with Crippen LogP contribution in [0, 0.1) is 0 Å². The molecule has 0 spiro atoms. The van der Waals surface area contributed by atoms with Crippen LogP contribution in [0.1, 0.15) is 71.9 Å². The fourth-order valence-corrected chi connectivity index (χ4v) is 3.18. The van der Waals surface area contributed by atoms with E-state index in [1.807, 2.05) is 34.6 Å². The molecule has 1 aliphatic rings. The van der Waals surface area contributed by atoms with Gasteiger partial charge in [0, 0.05) is 0 Å². The van der Waals surface area contributed by atoms with E-state index in [0.29, 0.717) is 12.5 Å². The molecule has 0 saturated carbocycles. The normalized spacial score (nSPS) is 20.2. The molecule has 1 aliphatic heterocycles. The van der Waals surface area contributed by atoms with E-state index >= 15 is 0 Å². The van der Waals surface area contributed by atoms with Crippen LogP contribution >= 0.6 is 0 Å². The average Bonchev–Trinajstić information content (AvgIpc) is 2.78. The van der Waals surface area contributed by atoms with E-state index in [1.54, 1.807) is 4.90 Å². The van der Waals surface area contributed by atoms with Crippen molar-refractivity contribution in [1.29, 1.82) is 0 Å². The van der Waals surface area contributed by atoms with Gasteiger partial charge in [0.05, 0.1) is 12.6 Å². The Hall–Kier alpha value is -1.55. The van der Waals surface area contributed by atoms with Gasteiger partial charge in [0.2, 0.25) is 0 Å². The van der Waals surface area contributed by atoms with Crippen LogP contribution in [-0.2, 0) is 15.9 Å². The van der Waals surface area contributed by atoms with Gasteiger partial charge < -0.3 is 9.47 Å². The zero-order valence-corrected chi connectivity index (χ0v) is 16.8. The van der Waals surface area contributed by atoms with Crippen LogP contribution in [0.3, 0.4) is 0 Å². The Morgan fingerprint density at radius 2 is 1.88 bits per heavy atom. The van der Waals surface area contributed by atoms with Crippen LogP contribution in [0.4, 0.5) is 4.79 Å². The molecule has 1 amide bonds. The molecule has 1 saturated heterocycles. The largest absolute Gasteiger partial charge is 0.444 e. The third-order valence-corrected chi connectivity index (χ3v) is 4.58. The maximum atomic E-state index is 12.6. The van der Waals surface area contributed by atoms with Crippen LogP contribution in [-0.4, -0.2) is 35.0 Å². The lowest BCUT2D eigenvalue weighted by Gasteiger charge is -2.35. The number of hydrogen-bond acceptors (Lipinski definition) is 3. The summed E-state index contributed by atoms with van der Waals surface area (Å²) >= 11 is 0. The predicted octanol–water partition coefficient (Wildman–Crippen LogP) is 5.11. The molecule has 0 aromatic heterocycles. The Morgan fingerprint density at radius 1 is 1.28 bits per heavy atom. The van der Waals surface area contributed by atoms with Gasteiger partial charge in [-0.25, -0.2) is 4.79 Å². The topological polar surface area (TPSA) is 38.8 Å². The van der Waals surface area contributed by atoms with E-state index in [0.717, 1.165) is 12.8 Å². The highest BCUT2D eigenvalue weighted by atomic mass is 16.6. The van der Waals surface area contributed by atoms with E-state index in [1.165, 1.54) is 11.1 Å². The molecule has 25 heavy (non-hydrogen) atoms. The number of amides is 1. The van der Waals surface area contributed by atoms with Crippen molar-refractivity contribution in [2.75, 3.05) is 6.61 Å². The fraction of sp³-hybridized carbons (Fsp3) is 0.667. The van der Waals surface area contributed by atoms with E-state index in [4.69, 9.17) is 9.47 Å².